The van der Waals surface area contributed by atoms with Crippen LogP contribution in [0, 0.1) is 11.8 Å². The molecule has 1 rings (SSSR count). The average molecular weight is 426 g/mol. The Kier molecular flexibility index (Phi) is 9.32. The second-order valence-electron chi connectivity index (χ2n) is 8.42. The summed E-state index contributed by atoms with van der Waals surface area (Å²) in [7, 11) is 2.91. The Morgan fingerprint density at radius 3 is 2.00 bits per heavy atom. The highest BCUT2D eigenvalue weighted by atomic mass is 16.6. The van der Waals surface area contributed by atoms with Crippen LogP contribution in [0.4, 0.5) is 0 Å². The Bertz CT molecular complexity index is 695. The van der Waals surface area contributed by atoms with Crippen LogP contribution in [0.3, 0.4) is 0 Å². The zero-order chi connectivity index (χ0) is 23.1. The minimum atomic E-state index is -0.934. The number of hydrogen-bond acceptors (Lipinski definition) is 8. The van der Waals surface area contributed by atoms with Crippen molar-refractivity contribution in [1.82, 2.24) is 15.3 Å². The number of carbonyl (C=O) groups excluding carboxylic acids is 2. The van der Waals surface area contributed by atoms with E-state index in [1.807, 2.05) is 27.7 Å². The van der Waals surface area contributed by atoms with Crippen molar-refractivity contribution in [2.45, 2.75) is 72.6 Å². The average Bonchev–Trinajstić information content (AvgIpc) is 2.67. The highest BCUT2D eigenvalue weighted by Crippen LogP contribution is 2.22. The first-order chi connectivity index (χ1) is 13.9. The maximum absolute atomic E-state index is 13.0. The van der Waals surface area contributed by atoms with Crippen molar-refractivity contribution in [3.05, 3.63) is 6.07 Å². The smallest absolute Gasteiger partial charge is 0.329 e. The lowest BCUT2D eigenvalue weighted by Crippen LogP contribution is -2.52. The van der Waals surface area contributed by atoms with Gasteiger partial charge in [0.1, 0.15) is 11.6 Å². The Morgan fingerprint density at radius 1 is 1.07 bits per heavy atom. The molecule has 0 saturated carbocycles. The maximum Gasteiger partial charge on any atom is 0.329 e. The van der Waals surface area contributed by atoms with E-state index in [9.17, 15) is 9.59 Å². The van der Waals surface area contributed by atoms with E-state index in [2.05, 4.69) is 15.3 Å². The number of hydrogen-bond donors (Lipinski definition) is 1. The standard InChI is InChI=1S/C21H35N3O6/c1-10-13(4)16(19(26)30-21(5,6)7)24-18(25)17(12(2)3)29-20-22-14(27-8)11-15(23-20)28-9/h11-13,16-17H,10H2,1-9H3,(H,24,25)/t13?,16-,17?/m0/s1. The summed E-state index contributed by atoms with van der Waals surface area (Å²) in [5.74, 6) is -0.789. The van der Waals surface area contributed by atoms with Gasteiger partial charge in [0.05, 0.1) is 20.3 Å². The van der Waals surface area contributed by atoms with E-state index in [4.69, 9.17) is 18.9 Å². The molecule has 0 radical (unpaired) electrons. The van der Waals surface area contributed by atoms with Crippen LogP contribution in [0.2, 0.25) is 0 Å². The molecule has 0 aromatic carbocycles. The van der Waals surface area contributed by atoms with E-state index in [1.165, 1.54) is 20.3 Å². The lowest BCUT2D eigenvalue weighted by Gasteiger charge is -2.29. The van der Waals surface area contributed by atoms with Crippen molar-refractivity contribution < 1.29 is 28.5 Å². The third-order valence-electron chi connectivity index (χ3n) is 4.34. The Hall–Kier alpha value is -2.58. The van der Waals surface area contributed by atoms with Crippen LogP contribution in [0.25, 0.3) is 0 Å². The first kappa shape index (κ1) is 25.5. The van der Waals surface area contributed by atoms with Gasteiger partial charge in [0.15, 0.2) is 6.10 Å². The van der Waals surface area contributed by atoms with Gasteiger partial charge in [-0.2, -0.15) is 9.97 Å². The molecule has 0 aliphatic rings. The van der Waals surface area contributed by atoms with Crippen molar-refractivity contribution in [3.8, 4) is 17.8 Å². The van der Waals surface area contributed by atoms with Gasteiger partial charge in [-0.3, -0.25) is 4.79 Å². The van der Waals surface area contributed by atoms with Gasteiger partial charge in [0.25, 0.3) is 5.91 Å². The van der Waals surface area contributed by atoms with Crippen molar-refractivity contribution in [1.29, 1.82) is 0 Å². The molecule has 1 heterocycles. The summed E-state index contributed by atoms with van der Waals surface area (Å²) in [4.78, 5) is 33.9. The molecule has 0 spiro atoms. The fraction of sp³-hybridized carbons (Fsp3) is 0.714. The normalized spacial score (nSPS) is 14.5. The van der Waals surface area contributed by atoms with Gasteiger partial charge in [0.2, 0.25) is 11.8 Å². The molecule has 170 valence electrons. The van der Waals surface area contributed by atoms with Gasteiger partial charge in [0, 0.05) is 0 Å². The summed E-state index contributed by atoms with van der Waals surface area (Å²) in [5, 5.41) is 2.79. The molecule has 1 amide bonds. The number of esters is 1. The fourth-order valence-corrected chi connectivity index (χ4v) is 2.52. The number of methoxy groups -OCH3 is 2. The molecule has 1 aromatic heterocycles. The van der Waals surface area contributed by atoms with Crippen molar-refractivity contribution >= 4 is 11.9 Å². The number of nitrogens with zero attached hydrogens (tertiary/aromatic N) is 2. The van der Waals surface area contributed by atoms with Crippen molar-refractivity contribution in [2.75, 3.05) is 14.2 Å². The Morgan fingerprint density at radius 2 is 1.60 bits per heavy atom. The monoisotopic (exact) mass is 425 g/mol. The summed E-state index contributed by atoms with van der Waals surface area (Å²) in [6.07, 6.45) is -0.246. The lowest BCUT2D eigenvalue weighted by molar-refractivity contribution is -0.160. The first-order valence-corrected chi connectivity index (χ1v) is 10.1. The highest BCUT2D eigenvalue weighted by Gasteiger charge is 2.34. The van der Waals surface area contributed by atoms with Gasteiger partial charge < -0.3 is 24.3 Å². The molecule has 9 heteroatoms. The van der Waals surface area contributed by atoms with Crippen LogP contribution >= 0.6 is 0 Å². The third kappa shape index (κ3) is 7.68. The topological polar surface area (TPSA) is 109 Å². The maximum atomic E-state index is 13.0. The number of nitrogens with one attached hydrogen (secondary N) is 1. The molecule has 0 saturated heterocycles. The molecule has 0 fully saturated rings. The summed E-state index contributed by atoms with van der Waals surface area (Å²) >= 11 is 0. The fourth-order valence-electron chi connectivity index (χ4n) is 2.52. The molecule has 1 N–H and O–H groups in total. The molecule has 1 aromatic rings. The zero-order valence-electron chi connectivity index (χ0n) is 19.4. The second kappa shape index (κ2) is 11.0. The predicted octanol–water partition coefficient (Wildman–Crippen LogP) is 2.77. The largest absolute Gasteiger partial charge is 0.481 e. The van der Waals surface area contributed by atoms with Crippen LogP contribution in [-0.2, 0) is 14.3 Å². The van der Waals surface area contributed by atoms with Crippen LogP contribution in [-0.4, -0.2) is 53.8 Å². The van der Waals surface area contributed by atoms with Gasteiger partial charge in [-0.1, -0.05) is 34.1 Å². The number of ether oxygens (including phenoxy) is 4. The number of rotatable bonds is 10. The van der Waals surface area contributed by atoms with Gasteiger partial charge in [-0.25, -0.2) is 4.79 Å². The van der Waals surface area contributed by atoms with E-state index in [1.54, 1.807) is 20.8 Å². The van der Waals surface area contributed by atoms with Crippen LogP contribution in [0.5, 0.6) is 17.8 Å². The zero-order valence-corrected chi connectivity index (χ0v) is 19.4. The van der Waals surface area contributed by atoms with Crippen LogP contribution < -0.4 is 19.5 Å². The summed E-state index contributed by atoms with van der Waals surface area (Å²) in [5.41, 5.74) is -0.660. The van der Waals surface area contributed by atoms with Gasteiger partial charge >= 0.3 is 12.0 Å². The van der Waals surface area contributed by atoms with E-state index in [0.29, 0.717) is 6.42 Å². The van der Waals surface area contributed by atoms with Crippen molar-refractivity contribution in [3.63, 3.8) is 0 Å². The molecular formula is C21H35N3O6. The third-order valence-corrected chi connectivity index (χ3v) is 4.34. The molecule has 3 atom stereocenters. The molecule has 0 aliphatic carbocycles. The minimum Gasteiger partial charge on any atom is -0.481 e. The highest BCUT2D eigenvalue weighted by molar-refractivity contribution is 5.87. The SMILES string of the molecule is CCC(C)[C@H](NC(=O)C(Oc1nc(OC)cc(OC)n1)C(C)C)C(=O)OC(C)(C)C. The Balaban J connectivity index is 3.08. The number of aromatic nitrogens is 2. The van der Waals surface area contributed by atoms with Crippen LogP contribution in [0.15, 0.2) is 6.07 Å². The molecule has 9 nitrogen and oxygen atoms in total. The quantitative estimate of drug-likeness (QED) is 0.570. The summed E-state index contributed by atoms with van der Waals surface area (Å²) < 4.78 is 21.5. The predicted molar refractivity (Wildman–Crippen MR) is 112 cm³/mol. The van der Waals surface area contributed by atoms with Gasteiger partial charge in [-0.05, 0) is 32.6 Å². The molecular weight excluding hydrogens is 390 g/mol. The van der Waals surface area contributed by atoms with Gasteiger partial charge in [-0.15, -0.1) is 0 Å². The molecule has 30 heavy (non-hydrogen) atoms. The van der Waals surface area contributed by atoms with E-state index in [0.717, 1.165) is 0 Å². The minimum absolute atomic E-state index is 0.0580. The van der Waals surface area contributed by atoms with E-state index < -0.39 is 29.6 Å². The number of amides is 1. The summed E-state index contributed by atoms with van der Waals surface area (Å²) in [6, 6.07) is 0.642. The second-order valence-corrected chi connectivity index (χ2v) is 8.42. The van der Waals surface area contributed by atoms with E-state index in [-0.39, 0.29) is 29.6 Å². The van der Waals surface area contributed by atoms with Crippen molar-refractivity contribution in [2.24, 2.45) is 11.8 Å². The summed E-state index contributed by atoms with van der Waals surface area (Å²) in [6.45, 7) is 12.8. The van der Waals surface area contributed by atoms with Crippen LogP contribution in [0.1, 0.15) is 54.9 Å². The Labute approximate surface area is 178 Å². The molecule has 0 aliphatic heterocycles. The lowest BCUT2D eigenvalue weighted by atomic mass is 9.97. The first-order valence-electron chi connectivity index (χ1n) is 10.1. The molecule has 0 bridgehead atoms. The number of carbonyl (C=O) groups is 2. The van der Waals surface area contributed by atoms with E-state index >= 15 is 0 Å². The molecule has 2 unspecified atom stereocenters.